The topological polar surface area (TPSA) is 123 Å². The zero-order valence-corrected chi connectivity index (χ0v) is 21.6. The van der Waals surface area contributed by atoms with Gasteiger partial charge in [0, 0.05) is 6.04 Å². The number of rotatable bonds is 12. The number of ether oxygens (including phenoxy) is 2. The van der Waals surface area contributed by atoms with E-state index in [1.165, 1.54) is 32.1 Å². The number of aliphatic imine (C=N–C) groups is 1. The van der Waals surface area contributed by atoms with Crippen LogP contribution in [0.2, 0.25) is 0 Å². The van der Waals surface area contributed by atoms with Gasteiger partial charge in [-0.1, -0.05) is 51.0 Å². The zero-order valence-electron chi connectivity index (χ0n) is 21.6. The largest absolute Gasteiger partial charge is 0.496 e. The van der Waals surface area contributed by atoms with E-state index in [-0.39, 0.29) is 18.2 Å². The molecule has 4 N–H and O–H groups in total. The Labute approximate surface area is 214 Å². The van der Waals surface area contributed by atoms with E-state index in [4.69, 9.17) is 20.2 Å². The third kappa shape index (κ3) is 8.00. The molecule has 0 heterocycles. The molecule has 1 unspecified atom stereocenters. The molecule has 3 rings (SSSR count). The molecule has 1 aromatic carbocycles. The van der Waals surface area contributed by atoms with Crippen molar-refractivity contribution in [1.82, 2.24) is 5.32 Å². The van der Waals surface area contributed by atoms with Crippen LogP contribution in [0.3, 0.4) is 0 Å². The third-order valence-electron chi connectivity index (χ3n) is 7.29. The molecular formula is C28H41N3O5. The maximum Gasteiger partial charge on any atom is 0.305 e. The molecule has 8 heteroatoms. The average Bonchev–Trinajstić information content (AvgIpc) is 3.39. The number of hydrogen-bond donors (Lipinski definition) is 3. The number of amides is 1. The number of allylic oxidation sites excluding steroid dienone is 1. The lowest BCUT2D eigenvalue weighted by Gasteiger charge is -2.24. The van der Waals surface area contributed by atoms with Crippen LogP contribution in [-0.4, -0.2) is 49.0 Å². The molecule has 1 amide bonds. The number of hydrogen-bond acceptors (Lipinski definition) is 6. The van der Waals surface area contributed by atoms with Crippen LogP contribution in [-0.2, 0) is 9.59 Å². The van der Waals surface area contributed by atoms with Crippen LogP contribution in [0.5, 0.6) is 11.5 Å². The molecule has 0 spiro atoms. The second-order valence-electron chi connectivity index (χ2n) is 9.94. The van der Waals surface area contributed by atoms with Gasteiger partial charge < -0.3 is 25.6 Å². The first-order valence-corrected chi connectivity index (χ1v) is 13.2. The van der Waals surface area contributed by atoms with Gasteiger partial charge in [0.05, 0.1) is 43.7 Å². The van der Waals surface area contributed by atoms with Crippen LogP contribution in [0, 0.1) is 5.92 Å². The summed E-state index contributed by atoms with van der Waals surface area (Å²) in [7, 11) is 3.15. The van der Waals surface area contributed by atoms with Gasteiger partial charge in [-0.25, -0.2) is 0 Å². The van der Waals surface area contributed by atoms with Crippen molar-refractivity contribution in [3.63, 3.8) is 0 Å². The van der Waals surface area contributed by atoms with Crippen LogP contribution in [0.25, 0.3) is 0 Å². The van der Waals surface area contributed by atoms with Crippen molar-refractivity contribution in [2.75, 3.05) is 14.2 Å². The van der Waals surface area contributed by atoms with E-state index in [1.807, 2.05) is 18.2 Å². The van der Waals surface area contributed by atoms with E-state index in [1.54, 1.807) is 20.3 Å². The summed E-state index contributed by atoms with van der Waals surface area (Å²) >= 11 is 0. The van der Waals surface area contributed by atoms with E-state index in [9.17, 15) is 14.7 Å². The number of carbonyl (C=O) groups excluding carboxylic acids is 1. The molecule has 0 radical (unpaired) electrons. The quantitative estimate of drug-likeness (QED) is 0.285. The van der Waals surface area contributed by atoms with E-state index < -0.39 is 17.9 Å². The zero-order chi connectivity index (χ0) is 25.9. The van der Waals surface area contributed by atoms with Crippen LogP contribution < -0.4 is 20.5 Å². The Morgan fingerprint density at radius 3 is 2.28 bits per heavy atom. The van der Waals surface area contributed by atoms with Crippen LogP contribution in [0.1, 0.15) is 82.6 Å². The molecule has 2 aliphatic carbocycles. The summed E-state index contributed by atoms with van der Waals surface area (Å²) in [5.74, 6) is 0.327. The highest BCUT2D eigenvalue weighted by molar-refractivity contribution is 6.15. The smallest absolute Gasteiger partial charge is 0.305 e. The van der Waals surface area contributed by atoms with Crippen LogP contribution in [0.4, 0.5) is 0 Å². The SMILES string of the molecule is COc1cccc(OC)c1C(C=C(N)C(=O)NC(CCC1CCCCC1)CC(=O)O)=NC1CCCC1. The van der Waals surface area contributed by atoms with Gasteiger partial charge in [0.25, 0.3) is 5.91 Å². The van der Waals surface area contributed by atoms with Crippen molar-refractivity contribution < 1.29 is 24.2 Å². The molecule has 0 aliphatic heterocycles. The second kappa shape index (κ2) is 13.9. The summed E-state index contributed by atoms with van der Waals surface area (Å²) in [6.45, 7) is 0. The van der Waals surface area contributed by atoms with Gasteiger partial charge in [-0.15, -0.1) is 0 Å². The molecule has 1 aromatic rings. The Hall–Kier alpha value is -3.03. The highest BCUT2D eigenvalue weighted by Crippen LogP contribution is 2.32. The first kappa shape index (κ1) is 27.6. The number of nitrogens with one attached hydrogen (secondary N) is 1. The van der Waals surface area contributed by atoms with Crippen molar-refractivity contribution in [2.24, 2.45) is 16.6 Å². The molecule has 0 saturated heterocycles. The Kier molecular flexibility index (Phi) is 10.6. The highest BCUT2D eigenvalue weighted by Gasteiger charge is 2.23. The van der Waals surface area contributed by atoms with Gasteiger partial charge in [-0.05, 0) is 49.8 Å². The van der Waals surface area contributed by atoms with Gasteiger partial charge in [0.1, 0.15) is 11.5 Å². The molecule has 2 aliphatic rings. The van der Waals surface area contributed by atoms with Gasteiger partial charge in [-0.2, -0.15) is 0 Å². The van der Waals surface area contributed by atoms with Crippen molar-refractivity contribution in [2.45, 2.75) is 89.1 Å². The number of carboxylic acids is 1. The molecule has 0 aromatic heterocycles. The molecule has 1 atom stereocenters. The minimum absolute atomic E-state index is 0.0206. The molecule has 0 bridgehead atoms. The molecule has 2 fully saturated rings. The Bertz CT molecular complexity index is 924. The number of carbonyl (C=O) groups is 2. The third-order valence-corrected chi connectivity index (χ3v) is 7.29. The number of nitrogens with zero attached hydrogens (tertiary/aromatic N) is 1. The molecule has 8 nitrogen and oxygen atoms in total. The molecule has 198 valence electrons. The van der Waals surface area contributed by atoms with Gasteiger partial charge in [0.2, 0.25) is 0 Å². The molecule has 36 heavy (non-hydrogen) atoms. The number of methoxy groups -OCH3 is 2. The summed E-state index contributed by atoms with van der Waals surface area (Å²) in [5.41, 5.74) is 7.42. The lowest BCUT2D eigenvalue weighted by molar-refractivity contribution is -0.137. The Balaban J connectivity index is 1.82. The van der Waals surface area contributed by atoms with Crippen molar-refractivity contribution >= 4 is 17.6 Å². The Morgan fingerprint density at radius 1 is 1.08 bits per heavy atom. The number of nitrogens with two attached hydrogens (primary N) is 1. The van der Waals surface area contributed by atoms with Gasteiger partial charge in [0.15, 0.2) is 0 Å². The lowest BCUT2D eigenvalue weighted by atomic mass is 9.85. The normalized spacial score (nSPS) is 18.6. The molecular weight excluding hydrogens is 458 g/mol. The van der Waals surface area contributed by atoms with Crippen molar-refractivity contribution in [3.05, 3.63) is 35.5 Å². The monoisotopic (exact) mass is 499 g/mol. The Morgan fingerprint density at radius 2 is 1.69 bits per heavy atom. The summed E-state index contributed by atoms with van der Waals surface area (Å²) in [5, 5.41) is 12.3. The lowest BCUT2D eigenvalue weighted by Crippen LogP contribution is -2.39. The minimum atomic E-state index is -0.936. The first-order chi connectivity index (χ1) is 17.4. The fourth-order valence-electron chi connectivity index (χ4n) is 5.34. The summed E-state index contributed by atoms with van der Waals surface area (Å²) in [6.07, 6.45) is 13.2. The average molecular weight is 500 g/mol. The number of carboxylic acid groups (broad SMARTS) is 1. The predicted molar refractivity (Wildman–Crippen MR) is 141 cm³/mol. The van der Waals surface area contributed by atoms with Crippen molar-refractivity contribution in [1.29, 1.82) is 0 Å². The van der Waals surface area contributed by atoms with Gasteiger partial charge >= 0.3 is 5.97 Å². The predicted octanol–water partition coefficient (Wildman–Crippen LogP) is 4.60. The van der Waals surface area contributed by atoms with Crippen LogP contribution >= 0.6 is 0 Å². The van der Waals surface area contributed by atoms with Crippen LogP contribution in [0.15, 0.2) is 35.0 Å². The minimum Gasteiger partial charge on any atom is -0.496 e. The van der Waals surface area contributed by atoms with E-state index in [0.29, 0.717) is 35.1 Å². The molecule has 2 saturated carbocycles. The number of benzene rings is 1. The summed E-state index contributed by atoms with van der Waals surface area (Å²) < 4.78 is 11.2. The second-order valence-corrected chi connectivity index (χ2v) is 9.94. The number of aliphatic carboxylic acids is 1. The van der Waals surface area contributed by atoms with E-state index in [2.05, 4.69) is 5.32 Å². The maximum atomic E-state index is 13.1. The van der Waals surface area contributed by atoms with E-state index in [0.717, 1.165) is 32.1 Å². The maximum absolute atomic E-state index is 13.1. The summed E-state index contributed by atoms with van der Waals surface area (Å²) in [4.78, 5) is 29.5. The van der Waals surface area contributed by atoms with Gasteiger partial charge in [-0.3, -0.25) is 14.6 Å². The fraction of sp³-hybridized carbons (Fsp3) is 0.607. The summed E-state index contributed by atoms with van der Waals surface area (Å²) in [6, 6.07) is 5.13. The van der Waals surface area contributed by atoms with E-state index >= 15 is 0 Å². The standard InChI is InChI=1S/C28H41N3O5/c1-35-24-13-8-14-25(36-2)27(24)23(30-20-11-6-7-12-20)18-22(29)28(34)31-21(17-26(32)33)16-15-19-9-4-3-5-10-19/h8,13-14,18-21H,3-7,9-12,15-17,29H2,1-2H3,(H,31,34)(H,32,33). The first-order valence-electron chi connectivity index (χ1n) is 13.2. The fourth-order valence-corrected chi connectivity index (χ4v) is 5.34. The highest BCUT2D eigenvalue weighted by atomic mass is 16.5. The van der Waals surface area contributed by atoms with Crippen molar-refractivity contribution in [3.8, 4) is 11.5 Å².